The van der Waals surface area contributed by atoms with Gasteiger partial charge in [0.25, 0.3) is 0 Å². The standard InChI is InChI=1S/C25H25ClN2O11/c1-8-11(14-12(8)16(26)21(33)23(35)19(14)31)6-28-25(38,39)7-27-10-4-2-3-9(5-10)13-17(29)15(24(36)37)20(32)22(34)18(13)30/h2-5,8,11,27-35,38-39H,6-7H2,1H3,(H,36,37). The van der Waals surface area contributed by atoms with E-state index in [0.717, 1.165) is 0 Å². The van der Waals surface area contributed by atoms with Crippen LogP contribution in [0.3, 0.4) is 0 Å². The van der Waals surface area contributed by atoms with Crippen molar-refractivity contribution in [3.05, 3.63) is 46.0 Å². The van der Waals surface area contributed by atoms with E-state index in [1.165, 1.54) is 24.3 Å². The number of aromatic hydroxyl groups is 7. The second-order valence-electron chi connectivity index (χ2n) is 9.16. The largest absolute Gasteiger partial charge is 0.506 e. The molecule has 3 aromatic carbocycles. The van der Waals surface area contributed by atoms with Gasteiger partial charge >= 0.3 is 5.97 Å². The Labute approximate surface area is 225 Å². The van der Waals surface area contributed by atoms with E-state index in [-0.39, 0.29) is 34.3 Å². The summed E-state index contributed by atoms with van der Waals surface area (Å²) in [6.45, 7) is 1.18. The van der Waals surface area contributed by atoms with Gasteiger partial charge in [-0.2, -0.15) is 0 Å². The normalized spacial score (nSPS) is 16.4. The number of rotatable bonds is 8. The van der Waals surface area contributed by atoms with Crippen LogP contribution in [-0.2, 0) is 0 Å². The van der Waals surface area contributed by atoms with Crippen molar-refractivity contribution in [2.75, 3.05) is 18.4 Å². The molecule has 0 fully saturated rings. The van der Waals surface area contributed by atoms with Gasteiger partial charge in [-0.25, -0.2) is 4.79 Å². The number of benzene rings is 3. The highest BCUT2D eigenvalue weighted by molar-refractivity contribution is 6.33. The number of aromatic carboxylic acids is 1. The van der Waals surface area contributed by atoms with Gasteiger partial charge < -0.3 is 56.4 Å². The number of nitrogens with one attached hydrogen (secondary N) is 2. The lowest BCUT2D eigenvalue weighted by Crippen LogP contribution is -2.52. The average Bonchev–Trinajstić information content (AvgIpc) is 2.87. The molecule has 3 aromatic rings. The minimum Gasteiger partial charge on any atom is -0.506 e. The molecule has 1 aliphatic rings. The smallest absolute Gasteiger partial charge is 0.343 e. The van der Waals surface area contributed by atoms with Gasteiger partial charge in [0.05, 0.1) is 17.1 Å². The second-order valence-corrected chi connectivity index (χ2v) is 9.54. The Kier molecular flexibility index (Phi) is 6.95. The van der Waals surface area contributed by atoms with Crippen molar-refractivity contribution < 1.29 is 55.9 Å². The quantitative estimate of drug-likeness (QED) is 0.107. The lowest BCUT2D eigenvalue weighted by Gasteiger charge is -2.40. The maximum Gasteiger partial charge on any atom is 0.343 e. The predicted molar refractivity (Wildman–Crippen MR) is 137 cm³/mol. The fourth-order valence-electron chi connectivity index (χ4n) is 4.69. The van der Waals surface area contributed by atoms with Crippen LogP contribution in [0.4, 0.5) is 5.69 Å². The van der Waals surface area contributed by atoms with E-state index in [2.05, 4.69) is 10.6 Å². The van der Waals surface area contributed by atoms with Crippen LogP contribution in [0, 0.1) is 0 Å². The monoisotopic (exact) mass is 564 g/mol. The van der Waals surface area contributed by atoms with Crippen LogP contribution in [0.1, 0.15) is 40.2 Å². The Morgan fingerprint density at radius 1 is 0.897 bits per heavy atom. The molecule has 0 radical (unpaired) electrons. The van der Waals surface area contributed by atoms with Gasteiger partial charge in [0.1, 0.15) is 11.3 Å². The summed E-state index contributed by atoms with van der Waals surface area (Å²) in [5, 5.41) is 106. The predicted octanol–water partition coefficient (Wildman–Crippen LogP) is 2.19. The van der Waals surface area contributed by atoms with Crippen LogP contribution < -0.4 is 10.6 Å². The van der Waals surface area contributed by atoms with Crippen LogP contribution in [0.25, 0.3) is 11.1 Å². The highest BCUT2D eigenvalue weighted by Gasteiger charge is 2.43. The lowest BCUT2D eigenvalue weighted by molar-refractivity contribution is -0.174. The van der Waals surface area contributed by atoms with Gasteiger partial charge in [-0.15, -0.1) is 0 Å². The molecule has 12 N–H and O–H groups in total. The van der Waals surface area contributed by atoms with Gasteiger partial charge in [0.15, 0.2) is 23.0 Å². The molecular weight excluding hydrogens is 540 g/mol. The molecule has 2 atom stereocenters. The molecule has 0 saturated heterocycles. The van der Waals surface area contributed by atoms with E-state index in [4.69, 9.17) is 11.6 Å². The lowest BCUT2D eigenvalue weighted by atomic mass is 9.68. The number of phenolic OH excluding ortho intramolecular Hbond substituents is 5. The van der Waals surface area contributed by atoms with E-state index < -0.39 is 75.7 Å². The summed E-state index contributed by atoms with van der Waals surface area (Å²) in [6.07, 6.45) is 0. The van der Waals surface area contributed by atoms with Crippen molar-refractivity contribution in [1.29, 1.82) is 0 Å². The summed E-state index contributed by atoms with van der Waals surface area (Å²) < 4.78 is 0. The summed E-state index contributed by atoms with van der Waals surface area (Å²) >= 11 is 6.06. The van der Waals surface area contributed by atoms with E-state index >= 15 is 0 Å². The zero-order chi connectivity index (χ0) is 29.0. The molecule has 0 amide bonds. The molecule has 0 aliphatic heterocycles. The van der Waals surface area contributed by atoms with E-state index in [9.17, 15) is 55.9 Å². The maximum atomic E-state index is 11.4. The number of hydrogen-bond acceptors (Lipinski definition) is 12. The minimum absolute atomic E-state index is 0.0255. The summed E-state index contributed by atoms with van der Waals surface area (Å²) in [7, 11) is 0. The van der Waals surface area contributed by atoms with Crippen LogP contribution in [0.5, 0.6) is 40.2 Å². The fraction of sp³-hybridized carbons (Fsp3) is 0.240. The number of carboxylic acid groups (broad SMARTS) is 1. The number of anilines is 1. The van der Waals surface area contributed by atoms with Crippen LogP contribution in [-0.4, -0.2) is 76.0 Å². The SMILES string of the molecule is CC1c2c(Cl)c(O)c(O)c(O)c2C1CNC(O)(O)CNc1cccc(-c2c(O)c(O)c(O)c(C(=O)O)c2O)c1. The summed E-state index contributed by atoms with van der Waals surface area (Å²) in [5.74, 6) is -11.3. The summed E-state index contributed by atoms with van der Waals surface area (Å²) in [5.41, 5.74) is -0.533. The summed E-state index contributed by atoms with van der Waals surface area (Å²) in [4.78, 5) is 11.4. The molecule has 0 aromatic heterocycles. The molecule has 1 aliphatic carbocycles. The first kappa shape index (κ1) is 27.7. The molecule has 14 heteroatoms. The summed E-state index contributed by atoms with van der Waals surface area (Å²) in [6, 6.07) is 5.61. The number of halogens is 1. The third kappa shape index (κ3) is 4.61. The Morgan fingerprint density at radius 3 is 2.18 bits per heavy atom. The van der Waals surface area contributed by atoms with Crippen molar-refractivity contribution in [3.63, 3.8) is 0 Å². The molecule has 208 valence electrons. The number of phenols is 7. The first-order valence-electron chi connectivity index (χ1n) is 11.4. The van der Waals surface area contributed by atoms with Crippen molar-refractivity contribution in [3.8, 4) is 51.4 Å². The van der Waals surface area contributed by atoms with Crippen molar-refractivity contribution in [2.24, 2.45) is 0 Å². The second kappa shape index (κ2) is 9.78. The molecule has 0 heterocycles. The number of carbonyl (C=O) groups is 1. The van der Waals surface area contributed by atoms with E-state index in [1.54, 1.807) is 6.92 Å². The average molecular weight is 565 g/mol. The van der Waals surface area contributed by atoms with Gasteiger partial charge in [-0.05, 0) is 29.2 Å². The Hall–Kier alpha value is -4.30. The topological polar surface area (TPSA) is 243 Å². The molecule has 39 heavy (non-hydrogen) atoms. The first-order chi connectivity index (χ1) is 18.2. The zero-order valence-electron chi connectivity index (χ0n) is 20.1. The highest BCUT2D eigenvalue weighted by Crippen LogP contribution is 2.59. The van der Waals surface area contributed by atoms with Gasteiger partial charge in [0.2, 0.25) is 17.4 Å². The third-order valence-electron chi connectivity index (χ3n) is 6.77. The number of fused-ring (bicyclic) bond motifs is 1. The minimum atomic E-state index is -2.50. The van der Waals surface area contributed by atoms with Crippen molar-refractivity contribution in [1.82, 2.24) is 5.32 Å². The molecule has 4 rings (SSSR count). The molecule has 0 saturated carbocycles. The Balaban J connectivity index is 1.50. The first-order valence-corrected chi connectivity index (χ1v) is 11.8. The number of hydrogen-bond donors (Lipinski definition) is 12. The molecule has 13 nitrogen and oxygen atoms in total. The third-order valence-corrected chi connectivity index (χ3v) is 7.16. The van der Waals surface area contributed by atoms with Crippen LogP contribution >= 0.6 is 11.6 Å². The number of aliphatic hydroxyl groups is 2. The van der Waals surface area contributed by atoms with Crippen molar-refractivity contribution >= 4 is 23.3 Å². The van der Waals surface area contributed by atoms with Crippen LogP contribution in [0.15, 0.2) is 24.3 Å². The van der Waals surface area contributed by atoms with Crippen molar-refractivity contribution in [2.45, 2.75) is 24.7 Å². The van der Waals surface area contributed by atoms with Gasteiger partial charge in [0, 0.05) is 23.7 Å². The molecule has 0 bridgehead atoms. The fourth-order valence-corrected chi connectivity index (χ4v) is 5.05. The van der Waals surface area contributed by atoms with Gasteiger partial charge in [-0.1, -0.05) is 30.7 Å². The highest BCUT2D eigenvalue weighted by atomic mass is 35.5. The molecular formula is C25H25ClN2O11. The van der Waals surface area contributed by atoms with E-state index in [0.29, 0.717) is 5.56 Å². The van der Waals surface area contributed by atoms with Crippen LogP contribution in [0.2, 0.25) is 5.02 Å². The molecule has 2 unspecified atom stereocenters. The van der Waals surface area contributed by atoms with Gasteiger partial charge in [-0.3, -0.25) is 5.32 Å². The Bertz CT molecular complexity index is 1490. The maximum absolute atomic E-state index is 11.4. The van der Waals surface area contributed by atoms with E-state index in [1.807, 2.05) is 0 Å². The Morgan fingerprint density at radius 2 is 1.54 bits per heavy atom. The zero-order valence-corrected chi connectivity index (χ0v) is 20.9. The molecule has 0 spiro atoms. The number of carboxylic acids is 1.